The first-order valence-electron chi connectivity index (χ1n) is 12.5. The Morgan fingerprint density at radius 3 is 1.74 bits per heavy atom. The zero-order valence-corrected chi connectivity index (χ0v) is 24.3. The Balaban J connectivity index is 1.55. The van der Waals surface area contributed by atoms with Crippen molar-refractivity contribution in [3.05, 3.63) is 139 Å². The van der Waals surface area contributed by atoms with E-state index >= 15 is 0 Å². The van der Waals surface area contributed by atoms with Crippen molar-refractivity contribution < 1.29 is 4.74 Å². The summed E-state index contributed by atoms with van der Waals surface area (Å²) in [6.45, 7) is 0. The van der Waals surface area contributed by atoms with Crippen LogP contribution >= 0.6 is 32.1 Å². The van der Waals surface area contributed by atoms with Crippen molar-refractivity contribution in [2.75, 3.05) is 7.11 Å². The predicted octanol–water partition coefficient (Wildman–Crippen LogP) is 8.31. The second-order valence-electron chi connectivity index (χ2n) is 9.37. The van der Waals surface area contributed by atoms with Crippen LogP contribution in [0.2, 0.25) is 0 Å². The van der Waals surface area contributed by atoms with E-state index in [1.54, 1.807) is 18.4 Å². The van der Waals surface area contributed by atoms with Gasteiger partial charge in [-0.2, -0.15) is 0 Å². The van der Waals surface area contributed by atoms with Crippen molar-refractivity contribution in [2.45, 2.75) is 6.16 Å². The molecule has 5 aromatic carbocycles. The number of para-hydroxylation sites is 1. The molecule has 0 spiro atoms. The number of hydrogen-bond acceptors (Lipinski definition) is 3. The topological polar surface area (TPSA) is 22.1 Å². The summed E-state index contributed by atoms with van der Waals surface area (Å²) in [4.78, 5) is 4.89. The van der Waals surface area contributed by atoms with Crippen LogP contribution < -0.4 is 20.7 Å². The number of thiazole rings is 1. The number of aromatic nitrogens is 1. The molecule has 38 heavy (non-hydrogen) atoms. The Bertz CT molecular complexity index is 1570. The maximum atomic E-state index is 5.97. The number of halogens is 1. The van der Waals surface area contributed by atoms with Crippen LogP contribution in [0, 0.1) is 0 Å². The number of methoxy groups -OCH3 is 1. The normalized spacial score (nSPS) is 12.6. The fourth-order valence-electron chi connectivity index (χ4n) is 5.28. The average molecular weight is 597 g/mol. The first-order chi connectivity index (χ1) is 18.6. The molecule has 6 rings (SSSR count). The van der Waals surface area contributed by atoms with Gasteiger partial charge in [0.15, 0.2) is 0 Å². The van der Waals surface area contributed by atoms with Gasteiger partial charge in [-0.25, -0.2) is 0 Å². The van der Waals surface area contributed by atoms with E-state index in [-0.39, 0.29) is 0 Å². The molecule has 5 heteroatoms. The molecule has 1 aromatic heterocycles. The average Bonchev–Trinajstić information content (AvgIpc) is 3.43. The summed E-state index contributed by atoms with van der Waals surface area (Å²) in [5.41, 5.74) is 3.24. The molecule has 0 unspecified atom stereocenters. The molecule has 0 saturated heterocycles. The fraction of sp³-hybridized carbons (Fsp3) is 0.0606. The van der Waals surface area contributed by atoms with E-state index < -0.39 is 5.31 Å². The Labute approximate surface area is 235 Å². The molecule has 0 radical (unpaired) electrons. The van der Waals surface area contributed by atoms with Gasteiger partial charge in [-0.15, -0.1) is 0 Å². The quantitative estimate of drug-likeness (QED) is 0.173. The fourth-order valence-corrected chi connectivity index (χ4v) is 14.0. The molecule has 6 aromatic rings. The van der Waals surface area contributed by atoms with E-state index in [1.807, 2.05) is 6.07 Å². The third kappa shape index (κ3) is 4.18. The first kappa shape index (κ1) is 25.0. The zero-order valence-electron chi connectivity index (χ0n) is 21.0. The van der Waals surface area contributed by atoms with E-state index in [9.17, 15) is 0 Å². The second kappa shape index (κ2) is 10.1. The summed E-state index contributed by atoms with van der Waals surface area (Å²) in [6, 6.07) is 47.5. The molecule has 1 heterocycles. The summed E-state index contributed by atoms with van der Waals surface area (Å²) in [6.07, 6.45) is 0.806. The molecular formula is C33H27BrNOPS. The molecule has 2 nitrogen and oxygen atoms in total. The molecule has 0 aliphatic carbocycles. The van der Waals surface area contributed by atoms with E-state index in [0.29, 0.717) is 0 Å². The standard InChI is InChI=1S/C33H27BrNOPS/c1-36-31-23-25(21-22-29(31)33-35-30-19-11-12-20-32(30)38-33)24-37(34,26-13-5-2-6-14-26,27-15-7-3-8-16-27)28-17-9-4-10-18-28/h2-23H,24H2,1H3. The summed E-state index contributed by atoms with van der Waals surface area (Å²) in [5.74, 6) is 0.841. The third-order valence-corrected chi connectivity index (χ3v) is 17.7. The number of nitrogens with zero attached hydrogens (tertiary/aromatic N) is 1. The predicted molar refractivity (Wildman–Crippen MR) is 169 cm³/mol. The van der Waals surface area contributed by atoms with Crippen LogP contribution in [-0.2, 0) is 6.16 Å². The van der Waals surface area contributed by atoms with Crippen LogP contribution in [-0.4, -0.2) is 12.1 Å². The number of fused-ring (bicyclic) bond motifs is 1. The maximum absolute atomic E-state index is 5.97. The monoisotopic (exact) mass is 595 g/mol. The second-order valence-corrected chi connectivity index (χ2v) is 19.3. The molecule has 0 N–H and O–H groups in total. The summed E-state index contributed by atoms with van der Waals surface area (Å²) in [5, 5.41) is 1.76. The van der Waals surface area contributed by atoms with Crippen LogP contribution in [0.3, 0.4) is 0 Å². The molecule has 188 valence electrons. The zero-order chi connectivity index (χ0) is 26.0. The Morgan fingerprint density at radius 2 is 1.21 bits per heavy atom. The van der Waals surface area contributed by atoms with Gasteiger partial charge in [0.2, 0.25) is 0 Å². The number of hydrogen-bond donors (Lipinski definition) is 0. The molecule has 0 amide bonds. The van der Waals surface area contributed by atoms with Gasteiger partial charge in [0.25, 0.3) is 0 Å². The Kier molecular flexibility index (Phi) is 6.65. The number of benzene rings is 5. The molecular weight excluding hydrogens is 569 g/mol. The van der Waals surface area contributed by atoms with Gasteiger partial charge >= 0.3 is 237 Å². The van der Waals surface area contributed by atoms with Crippen molar-refractivity contribution in [2.24, 2.45) is 0 Å². The van der Waals surface area contributed by atoms with Crippen molar-refractivity contribution in [1.29, 1.82) is 0 Å². The number of rotatable bonds is 7. The van der Waals surface area contributed by atoms with Gasteiger partial charge in [-0.3, -0.25) is 0 Å². The summed E-state index contributed by atoms with van der Waals surface area (Å²) >= 11 is 6.26. The van der Waals surface area contributed by atoms with E-state index in [1.165, 1.54) is 26.2 Å². The minimum atomic E-state index is -3.10. The van der Waals surface area contributed by atoms with E-state index in [2.05, 4.69) is 143 Å². The van der Waals surface area contributed by atoms with Gasteiger partial charge in [-0.1, -0.05) is 0 Å². The van der Waals surface area contributed by atoms with E-state index in [4.69, 9.17) is 9.72 Å². The van der Waals surface area contributed by atoms with Gasteiger partial charge < -0.3 is 0 Å². The summed E-state index contributed by atoms with van der Waals surface area (Å²) < 4.78 is 7.14. The third-order valence-electron chi connectivity index (χ3n) is 7.15. The first-order valence-corrected chi connectivity index (χ1v) is 17.8. The Hall–Kier alpha value is -3.30. The van der Waals surface area contributed by atoms with Crippen LogP contribution in [0.1, 0.15) is 5.56 Å². The van der Waals surface area contributed by atoms with E-state index in [0.717, 1.165) is 28.0 Å². The summed E-state index contributed by atoms with van der Waals surface area (Å²) in [7, 11) is 1.75. The van der Waals surface area contributed by atoms with Crippen molar-refractivity contribution >= 4 is 58.3 Å². The number of ether oxygens (including phenoxy) is 1. The van der Waals surface area contributed by atoms with Crippen LogP contribution in [0.25, 0.3) is 20.8 Å². The molecule has 0 bridgehead atoms. The molecule has 0 saturated carbocycles. The van der Waals surface area contributed by atoms with Crippen molar-refractivity contribution in [3.8, 4) is 16.3 Å². The van der Waals surface area contributed by atoms with Crippen LogP contribution in [0.4, 0.5) is 0 Å². The molecule has 0 aliphatic rings. The minimum absolute atomic E-state index is 0.806. The molecule has 0 fully saturated rings. The van der Waals surface area contributed by atoms with Crippen LogP contribution in [0.15, 0.2) is 133 Å². The van der Waals surface area contributed by atoms with Crippen molar-refractivity contribution in [1.82, 2.24) is 4.98 Å². The molecule has 0 aliphatic heterocycles. The molecule has 0 atom stereocenters. The van der Waals surface area contributed by atoms with Gasteiger partial charge in [0.1, 0.15) is 0 Å². The van der Waals surface area contributed by atoms with Gasteiger partial charge in [-0.05, 0) is 0 Å². The van der Waals surface area contributed by atoms with Gasteiger partial charge in [0.05, 0.1) is 0 Å². The van der Waals surface area contributed by atoms with Crippen molar-refractivity contribution in [3.63, 3.8) is 0 Å². The Morgan fingerprint density at radius 1 is 0.684 bits per heavy atom. The van der Waals surface area contributed by atoms with Crippen LogP contribution in [0.5, 0.6) is 5.75 Å². The SMILES string of the molecule is COc1cc(CP(Br)(c2ccccc2)(c2ccccc2)c2ccccc2)ccc1-c1nc2ccccc2s1. The van der Waals surface area contributed by atoms with Gasteiger partial charge in [0, 0.05) is 0 Å².